The van der Waals surface area contributed by atoms with E-state index >= 15 is 0 Å². The first-order valence-electron chi connectivity index (χ1n) is 10.5. The van der Waals surface area contributed by atoms with Crippen LogP contribution in [-0.4, -0.2) is 65.3 Å². The second kappa shape index (κ2) is 10.4. The molecule has 29 heavy (non-hydrogen) atoms. The maximum absolute atomic E-state index is 4.59. The molecule has 2 aromatic rings. The van der Waals surface area contributed by atoms with Gasteiger partial charge in [0.1, 0.15) is 0 Å². The van der Waals surface area contributed by atoms with E-state index in [1.165, 1.54) is 37.1 Å². The number of benzene rings is 1. The third kappa shape index (κ3) is 5.31. The van der Waals surface area contributed by atoms with E-state index in [-0.39, 0.29) is 24.0 Å². The highest BCUT2D eigenvalue weighted by Gasteiger charge is 2.28. The maximum atomic E-state index is 4.59. The van der Waals surface area contributed by atoms with E-state index in [9.17, 15) is 0 Å². The number of aromatic nitrogens is 2. The van der Waals surface area contributed by atoms with Crippen LogP contribution in [0.25, 0.3) is 0 Å². The number of nitrogens with one attached hydrogen (secondary N) is 1. The minimum atomic E-state index is 0. The molecular weight excluding hydrogens is 475 g/mol. The smallest absolute Gasteiger partial charge is 0.193 e. The van der Waals surface area contributed by atoms with Crippen molar-refractivity contribution in [3.8, 4) is 0 Å². The van der Waals surface area contributed by atoms with Crippen molar-refractivity contribution in [1.29, 1.82) is 0 Å². The standard InChI is InChI=1S/C22H32N6.HI/c1-23-22(28-13-10-19(17-28)20-14-25-26(2)16-20)24-15-21(27-11-6-7-12-27)18-8-4-3-5-9-18;/h3-5,8-9,14,16,19,21H,6-7,10-13,15,17H2,1-2H3,(H,23,24);1H. The van der Waals surface area contributed by atoms with E-state index in [0.717, 1.165) is 32.0 Å². The van der Waals surface area contributed by atoms with Crippen LogP contribution in [0.3, 0.4) is 0 Å². The summed E-state index contributed by atoms with van der Waals surface area (Å²) in [5.74, 6) is 1.56. The highest BCUT2D eigenvalue weighted by Crippen LogP contribution is 2.27. The molecule has 2 aliphatic heterocycles. The molecule has 1 aromatic heterocycles. The number of aliphatic imine (C=N–C) groups is 1. The highest BCUT2D eigenvalue weighted by molar-refractivity contribution is 14.0. The van der Waals surface area contributed by atoms with Gasteiger partial charge in [0.05, 0.1) is 12.2 Å². The topological polar surface area (TPSA) is 48.7 Å². The molecule has 0 spiro atoms. The van der Waals surface area contributed by atoms with Crippen molar-refractivity contribution in [3.63, 3.8) is 0 Å². The van der Waals surface area contributed by atoms with Gasteiger partial charge in [-0.05, 0) is 43.5 Å². The number of guanidine groups is 1. The van der Waals surface area contributed by atoms with Crippen LogP contribution in [-0.2, 0) is 7.05 Å². The van der Waals surface area contributed by atoms with Crippen molar-refractivity contribution in [3.05, 3.63) is 53.9 Å². The van der Waals surface area contributed by atoms with Crippen molar-refractivity contribution < 1.29 is 0 Å². The lowest BCUT2D eigenvalue weighted by Gasteiger charge is -2.30. The highest BCUT2D eigenvalue weighted by atomic mass is 127. The Morgan fingerprint density at radius 1 is 1.21 bits per heavy atom. The van der Waals surface area contributed by atoms with Crippen molar-refractivity contribution in [1.82, 2.24) is 24.9 Å². The lowest BCUT2D eigenvalue weighted by atomic mass is 10.0. The van der Waals surface area contributed by atoms with Crippen LogP contribution in [0.1, 0.15) is 42.3 Å². The third-order valence-corrected chi connectivity index (χ3v) is 6.12. The summed E-state index contributed by atoms with van der Waals surface area (Å²) in [6.07, 6.45) is 7.90. The van der Waals surface area contributed by atoms with Gasteiger partial charge in [0, 0.05) is 45.8 Å². The lowest BCUT2D eigenvalue weighted by molar-refractivity contribution is 0.244. The molecule has 2 saturated heterocycles. The molecule has 0 bridgehead atoms. The minimum absolute atomic E-state index is 0. The van der Waals surface area contributed by atoms with Gasteiger partial charge in [-0.25, -0.2) is 0 Å². The molecule has 7 heteroatoms. The normalized spacial score (nSPS) is 21.2. The molecule has 0 amide bonds. The molecule has 2 atom stereocenters. The summed E-state index contributed by atoms with van der Waals surface area (Å²) in [7, 11) is 3.88. The summed E-state index contributed by atoms with van der Waals surface area (Å²) in [5.41, 5.74) is 2.72. The molecule has 0 aliphatic carbocycles. The quantitative estimate of drug-likeness (QED) is 0.383. The van der Waals surface area contributed by atoms with E-state index in [1.807, 2.05) is 25.0 Å². The summed E-state index contributed by atoms with van der Waals surface area (Å²) >= 11 is 0. The molecule has 2 fully saturated rings. The van der Waals surface area contributed by atoms with Crippen LogP contribution in [0.2, 0.25) is 0 Å². The van der Waals surface area contributed by atoms with E-state index in [1.54, 1.807) is 0 Å². The summed E-state index contributed by atoms with van der Waals surface area (Å²) in [5, 5.41) is 8.01. The Hall–Kier alpha value is -1.61. The molecule has 0 saturated carbocycles. The van der Waals surface area contributed by atoms with Crippen LogP contribution in [0.4, 0.5) is 0 Å². The zero-order valence-electron chi connectivity index (χ0n) is 17.5. The Balaban J connectivity index is 0.00000240. The SMILES string of the molecule is CN=C(NCC(c1ccccc1)N1CCCC1)N1CCC(c2cnn(C)c2)C1.I. The van der Waals surface area contributed by atoms with Crippen LogP contribution < -0.4 is 5.32 Å². The third-order valence-electron chi connectivity index (χ3n) is 6.12. The molecular formula is C22H33IN6. The van der Waals surface area contributed by atoms with Gasteiger partial charge in [-0.1, -0.05) is 30.3 Å². The average molecular weight is 508 g/mol. The van der Waals surface area contributed by atoms with Crippen LogP contribution in [0, 0.1) is 0 Å². The summed E-state index contributed by atoms with van der Waals surface area (Å²) < 4.78 is 1.89. The van der Waals surface area contributed by atoms with Crippen LogP contribution in [0.5, 0.6) is 0 Å². The van der Waals surface area contributed by atoms with Gasteiger partial charge in [-0.3, -0.25) is 14.6 Å². The van der Waals surface area contributed by atoms with Gasteiger partial charge >= 0.3 is 0 Å². The Labute approximate surface area is 191 Å². The molecule has 0 radical (unpaired) electrons. The number of nitrogens with zero attached hydrogens (tertiary/aromatic N) is 5. The molecule has 3 heterocycles. The zero-order valence-corrected chi connectivity index (χ0v) is 19.8. The maximum Gasteiger partial charge on any atom is 0.193 e. The molecule has 6 nitrogen and oxygen atoms in total. The first-order valence-corrected chi connectivity index (χ1v) is 10.5. The number of likely N-dealkylation sites (tertiary alicyclic amines) is 2. The number of hydrogen-bond acceptors (Lipinski definition) is 3. The summed E-state index contributed by atoms with van der Waals surface area (Å²) in [6, 6.07) is 11.3. The summed E-state index contributed by atoms with van der Waals surface area (Å²) in [4.78, 5) is 9.59. The Bertz CT molecular complexity index is 784. The largest absolute Gasteiger partial charge is 0.354 e. The number of aryl methyl sites for hydroxylation is 1. The van der Waals surface area contributed by atoms with Crippen LogP contribution >= 0.6 is 24.0 Å². The summed E-state index contributed by atoms with van der Waals surface area (Å²) in [6.45, 7) is 5.31. The Kier molecular flexibility index (Phi) is 7.94. The minimum Gasteiger partial charge on any atom is -0.354 e. The van der Waals surface area contributed by atoms with E-state index in [2.05, 4.69) is 61.7 Å². The number of hydrogen-bond donors (Lipinski definition) is 1. The van der Waals surface area contributed by atoms with Crippen molar-refractivity contribution >= 4 is 29.9 Å². The van der Waals surface area contributed by atoms with Gasteiger partial charge in [0.25, 0.3) is 0 Å². The van der Waals surface area contributed by atoms with Crippen molar-refractivity contribution in [2.24, 2.45) is 12.0 Å². The number of rotatable bonds is 5. The predicted octanol–water partition coefficient (Wildman–Crippen LogP) is 3.24. The predicted molar refractivity (Wildman–Crippen MR) is 129 cm³/mol. The Morgan fingerprint density at radius 2 is 1.97 bits per heavy atom. The van der Waals surface area contributed by atoms with Gasteiger partial charge in [-0.15, -0.1) is 24.0 Å². The molecule has 2 aliphatic rings. The molecule has 4 rings (SSSR count). The van der Waals surface area contributed by atoms with E-state index in [0.29, 0.717) is 12.0 Å². The number of halogens is 1. The van der Waals surface area contributed by atoms with E-state index in [4.69, 9.17) is 0 Å². The second-order valence-electron chi connectivity index (χ2n) is 7.98. The molecule has 2 unspecified atom stereocenters. The van der Waals surface area contributed by atoms with E-state index < -0.39 is 0 Å². The fraction of sp³-hybridized carbons (Fsp3) is 0.545. The Morgan fingerprint density at radius 3 is 2.62 bits per heavy atom. The van der Waals surface area contributed by atoms with Crippen molar-refractivity contribution in [2.75, 3.05) is 39.8 Å². The fourth-order valence-electron chi connectivity index (χ4n) is 4.58. The van der Waals surface area contributed by atoms with Gasteiger partial charge in [0.15, 0.2) is 5.96 Å². The molecule has 1 N–H and O–H groups in total. The first-order chi connectivity index (χ1) is 13.7. The monoisotopic (exact) mass is 508 g/mol. The van der Waals surface area contributed by atoms with Gasteiger partial charge in [-0.2, -0.15) is 5.10 Å². The zero-order chi connectivity index (χ0) is 19.3. The second-order valence-corrected chi connectivity index (χ2v) is 7.98. The molecule has 1 aromatic carbocycles. The van der Waals surface area contributed by atoms with Gasteiger partial charge in [0.2, 0.25) is 0 Å². The first kappa shape index (κ1) is 22.1. The van der Waals surface area contributed by atoms with Crippen molar-refractivity contribution in [2.45, 2.75) is 31.2 Å². The molecule has 158 valence electrons. The lowest BCUT2D eigenvalue weighted by Crippen LogP contribution is -2.44. The average Bonchev–Trinajstić information content (AvgIpc) is 3.48. The van der Waals surface area contributed by atoms with Crippen LogP contribution in [0.15, 0.2) is 47.7 Å². The fourth-order valence-corrected chi connectivity index (χ4v) is 4.58. The van der Waals surface area contributed by atoms with Gasteiger partial charge < -0.3 is 10.2 Å².